The van der Waals surface area contributed by atoms with E-state index in [-0.39, 0.29) is 0 Å². The molecule has 4 rings (SSSR count). The van der Waals surface area contributed by atoms with Gasteiger partial charge in [0.25, 0.3) is 0 Å². The van der Waals surface area contributed by atoms with E-state index in [9.17, 15) is 0 Å². The third kappa shape index (κ3) is 10.8. The summed E-state index contributed by atoms with van der Waals surface area (Å²) in [7, 11) is 0. The Bertz CT molecular complexity index is 1530. The molecule has 3 aromatic rings. The Morgan fingerprint density at radius 2 is 1.43 bits per heavy atom. The minimum Gasteiger partial charge on any atom is -0.265 e. The Hall–Kier alpha value is -0.910. The number of rotatable bonds is 8. The van der Waals surface area contributed by atoms with E-state index in [2.05, 4.69) is 121 Å². The molecule has 0 saturated heterocycles. The largest absolute Gasteiger partial charge is 0.265 e. The zero-order valence-electron chi connectivity index (χ0n) is 27.5. The predicted octanol–water partition coefficient (Wildman–Crippen LogP) is 11.6. The molecule has 2 aromatic heterocycles. The standard InChI is InChI=1S/C30H31Br2NS3.C3H8.C2H6.H4N2S/c1-8-9-10-20-12-26(35-29(20)31)24-14-23-19(6)28(33-34-7)25(15-22(23)17(4)18(24)5)27-13-21(11-16(2)3)30(32)36-27;1-3-2;1-2;1-3-2/h12-16H,4-6,8-11H2,1-3,7H3;3H2,1-2H3;1-2H3;1-2H2/b33-28+;;;. The second-order valence-electron chi connectivity index (χ2n) is 10.4. The summed E-state index contributed by atoms with van der Waals surface area (Å²) in [5.74, 6) is 0.595. The lowest BCUT2D eigenvalue weighted by Gasteiger charge is -2.22. The SMILES string of the molecule is C=C1/C(=N\SC)C(c2cc(CC(C)C)c(Br)s2)=Cc2c1cc(-c1cc(CCCC)c(Br)s1)c(=C)c2=C.CC.CCC.NSN. The van der Waals surface area contributed by atoms with Crippen molar-refractivity contribution in [1.29, 1.82) is 0 Å². The first-order valence-corrected chi connectivity index (χ1v) is 20.3. The van der Waals surface area contributed by atoms with E-state index in [1.54, 1.807) is 22.7 Å². The van der Waals surface area contributed by atoms with Crippen molar-refractivity contribution in [3.63, 3.8) is 0 Å². The highest BCUT2D eigenvalue weighted by molar-refractivity contribution is 9.11. The molecule has 44 heavy (non-hydrogen) atoms. The van der Waals surface area contributed by atoms with Crippen LogP contribution in [0.1, 0.15) is 94.9 Å². The molecule has 4 N–H and O–H groups in total. The van der Waals surface area contributed by atoms with Gasteiger partial charge in [-0.25, -0.2) is 4.40 Å². The number of hydrogen-bond acceptors (Lipinski definition) is 7. The number of benzene rings is 1. The number of hydrogen-bond donors (Lipinski definition) is 2. The summed E-state index contributed by atoms with van der Waals surface area (Å²) in [6.07, 6.45) is 10.00. The van der Waals surface area contributed by atoms with Crippen molar-refractivity contribution in [2.75, 3.05) is 6.26 Å². The Labute approximate surface area is 300 Å². The summed E-state index contributed by atoms with van der Waals surface area (Å²) in [5, 5.41) is 11.0. The maximum Gasteiger partial charge on any atom is 0.0872 e. The Balaban J connectivity index is 0.00000110. The number of nitrogens with two attached hydrogens (primary N) is 2. The lowest BCUT2D eigenvalue weighted by Crippen LogP contribution is -2.30. The van der Waals surface area contributed by atoms with Gasteiger partial charge in [0.05, 0.1) is 13.3 Å². The number of fused-ring (bicyclic) bond motifs is 1. The molecule has 0 saturated carbocycles. The maximum atomic E-state index is 4.84. The second kappa shape index (κ2) is 21.1. The van der Waals surface area contributed by atoms with Gasteiger partial charge < -0.3 is 0 Å². The van der Waals surface area contributed by atoms with E-state index in [0.29, 0.717) is 5.92 Å². The van der Waals surface area contributed by atoms with Crippen LogP contribution in [0, 0.1) is 5.92 Å². The first-order chi connectivity index (χ1) is 21.0. The molecule has 1 aliphatic carbocycles. The van der Waals surface area contributed by atoms with E-state index in [1.807, 2.05) is 20.1 Å². The molecule has 1 aliphatic rings. The van der Waals surface area contributed by atoms with Gasteiger partial charge >= 0.3 is 0 Å². The highest BCUT2D eigenvalue weighted by Crippen LogP contribution is 2.42. The summed E-state index contributed by atoms with van der Waals surface area (Å²) < 4.78 is 7.24. The second-order valence-corrected chi connectivity index (χ2v) is 15.9. The molecule has 0 radical (unpaired) electrons. The van der Waals surface area contributed by atoms with Crippen molar-refractivity contribution in [2.24, 2.45) is 20.6 Å². The maximum absolute atomic E-state index is 4.84. The number of allylic oxidation sites excluding steroid dienone is 2. The fourth-order valence-corrected chi connectivity index (χ4v) is 8.45. The van der Waals surface area contributed by atoms with Crippen molar-refractivity contribution < 1.29 is 0 Å². The van der Waals surface area contributed by atoms with Gasteiger partial charge in [-0.05, 0) is 144 Å². The van der Waals surface area contributed by atoms with Crippen molar-refractivity contribution in [1.82, 2.24) is 0 Å². The van der Waals surface area contributed by atoms with E-state index in [0.717, 1.165) is 69.0 Å². The van der Waals surface area contributed by atoms with Crippen molar-refractivity contribution in [3.05, 3.63) is 69.9 Å². The van der Waals surface area contributed by atoms with Gasteiger partial charge in [-0.1, -0.05) is 81.0 Å². The quantitative estimate of drug-likeness (QED) is 0.223. The summed E-state index contributed by atoms with van der Waals surface area (Å²) in [6, 6.07) is 6.86. The van der Waals surface area contributed by atoms with Gasteiger partial charge in [0.2, 0.25) is 0 Å². The lowest BCUT2D eigenvalue weighted by atomic mass is 9.83. The predicted molar refractivity (Wildman–Crippen MR) is 218 cm³/mol. The molecule has 1 aromatic carbocycles. The van der Waals surface area contributed by atoms with Crippen molar-refractivity contribution >= 4 is 115 Å². The Morgan fingerprint density at radius 1 is 0.886 bits per heavy atom. The van der Waals surface area contributed by atoms with Crippen LogP contribution in [0.4, 0.5) is 0 Å². The molecule has 3 nitrogen and oxygen atoms in total. The minimum absolute atomic E-state index is 0.595. The molecular formula is C35H49Br2N3S4. The van der Waals surface area contributed by atoms with E-state index >= 15 is 0 Å². The zero-order valence-corrected chi connectivity index (χ0v) is 34.0. The fraction of sp³-hybridized carbons (Fsp3) is 0.400. The summed E-state index contributed by atoms with van der Waals surface area (Å²) in [4.78, 5) is 2.42. The van der Waals surface area contributed by atoms with Crippen LogP contribution in [0.25, 0.3) is 40.8 Å². The molecule has 0 unspecified atom stereocenters. The van der Waals surface area contributed by atoms with Crippen LogP contribution in [0.15, 0.2) is 36.7 Å². The van der Waals surface area contributed by atoms with Crippen LogP contribution < -0.4 is 20.7 Å². The molecule has 2 heterocycles. The smallest absolute Gasteiger partial charge is 0.0872 e. The third-order valence-corrected chi connectivity index (χ3v) is 10.8. The van der Waals surface area contributed by atoms with Gasteiger partial charge in [0, 0.05) is 27.2 Å². The van der Waals surface area contributed by atoms with Gasteiger partial charge in [0.1, 0.15) is 0 Å². The molecule has 0 spiro atoms. The minimum atomic E-state index is 0.595. The summed E-state index contributed by atoms with van der Waals surface area (Å²) >= 11 is 13.4. The number of unbranched alkanes of at least 4 members (excludes halogenated alkanes) is 1. The molecular weight excluding hydrogens is 750 g/mol. The lowest BCUT2D eigenvalue weighted by molar-refractivity contribution is 0.647. The number of nitrogens with zero attached hydrogens (tertiary/aromatic N) is 1. The highest BCUT2D eigenvalue weighted by atomic mass is 79.9. The van der Waals surface area contributed by atoms with Crippen molar-refractivity contribution in [3.8, 4) is 10.4 Å². The normalized spacial score (nSPS) is 12.9. The van der Waals surface area contributed by atoms with Gasteiger partial charge in [-0.2, -0.15) is 0 Å². The number of halogens is 2. The first kappa shape index (κ1) is 41.1. The molecule has 9 heteroatoms. The van der Waals surface area contributed by atoms with Crippen LogP contribution in [0.2, 0.25) is 0 Å². The molecule has 0 bridgehead atoms. The van der Waals surface area contributed by atoms with Gasteiger partial charge in [0.15, 0.2) is 0 Å². The van der Waals surface area contributed by atoms with Crippen LogP contribution in [0.3, 0.4) is 0 Å². The molecule has 0 fully saturated rings. The fourth-order valence-electron chi connectivity index (χ4n) is 4.51. The van der Waals surface area contributed by atoms with E-state index < -0.39 is 0 Å². The molecule has 0 aliphatic heterocycles. The zero-order chi connectivity index (χ0) is 33.6. The van der Waals surface area contributed by atoms with Crippen molar-refractivity contribution in [2.45, 2.75) is 80.6 Å². The third-order valence-electron chi connectivity index (χ3n) is 6.40. The summed E-state index contributed by atoms with van der Waals surface area (Å²) in [6.45, 7) is 28.5. The van der Waals surface area contributed by atoms with Gasteiger partial charge in [-0.15, -0.1) is 22.7 Å². The van der Waals surface area contributed by atoms with Crippen LogP contribution in [-0.4, -0.2) is 12.0 Å². The average Bonchev–Trinajstić information content (AvgIpc) is 3.53. The Morgan fingerprint density at radius 3 is 1.98 bits per heavy atom. The number of aryl methyl sites for hydroxylation is 1. The molecule has 242 valence electrons. The molecule has 0 atom stereocenters. The van der Waals surface area contributed by atoms with Crippen LogP contribution >= 0.6 is 78.6 Å². The first-order valence-electron chi connectivity index (χ1n) is 15.0. The van der Waals surface area contributed by atoms with E-state index in [1.165, 1.54) is 59.7 Å². The van der Waals surface area contributed by atoms with Crippen LogP contribution in [0.5, 0.6) is 0 Å². The monoisotopic (exact) mass is 797 g/mol. The highest BCUT2D eigenvalue weighted by Gasteiger charge is 2.26. The topological polar surface area (TPSA) is 64.4 Å². The average molecular weight is 800 g/mol. The van der Waals surface area contributed by atoms with Gasteiger partial charge in [-0.3, -0.25) is 10.3 Å². The number of thiophene rings is 2. The molecule has 0 amide bonds. The summed E-state index contributed by atoms with van der Waals surface area (Å²) in [5.41, 5.74) is 9.03. The van der Waals surface area contributed by atoms with E-state index in [4.69, 9.17) is 4.40 Å². The Kier molecular flexibility index (Phi) is 19.7. The van der Waals surface area contributed by atoms with Crippen LogP contribution in [-0.2, 0) is 12.8 Å².